The number of carbonyl (C=O) groups excluding carboxylic acids is 1. The summed E-state index contributed by atoms with van der Waals surface area (Å²) in [6.45, 7) is 9.73. The summed E-state index contributed by atoms with van der Waals surface area (Å²) >= 11 is 0. The standard InChI is InChI=1S/C33H32O6.C3H8.C2H6/c34-33(27-14-8-3-9-15-27)39-29-18-16-28(17-19-29)37-32-21-30(36-23-26-12-6-2-7-13-26)20-31(38-32)24-35-22-25-10-4-1-5-11-25;1-3-2;1-2/h1-19,30-32H,20-24H2;3H2,1-2H3;1-2H3. The van der Waals surface area contributed by atoms with Crippen LogP contribution in [0.15, 0.2) is 115 Å². The molecule has 1 aliphatic heterocycles. The summed E-state index contributed by atoms with van der Waals surface area (Å²) in [5, 5.41) is 0. The number of carbonyl (C=O) groups is 1. The van der Waals surface area contributed by atoms with Gasteiger partial charge in [0.2, 0.25) is 6.29 Å². The molecule has 44 heavy (non-hydrogen) atoms. The molecule has 4 aromatic carbocycles. The largest absolute Gasteiger partial charge is 0.465 e. The number of esters is 1. The average molecular weight is 599 g/mol. The zero-order valence-electron chi connectivity index (χ0n) is 26.4. The molecule has 6 nitrogen and oxygen atoms in total. The van der Waals surface area contributed by atoms with Crippen molar-refractivity contribution in [1.29, 1.82) is 0 Å². The van der Waals surface area contributed by atoms with Gasteiger partial charge in [0, 0.05) is 12.8 Å². The van der Waals surface area contributed by atoms with E-state index in [1.807, 2.05) is 68.4 Å². The zero-order chi connectivity index (χ0) is 31.4. The van der Waals surface area contributed by atoms with Crippen LogP contribution in [-0.4, -0.2) is 31.1 Å². The zero-order valence-corrected chi connectivity index (χ0v) is 26.4. The number of hydrogen-bond acceptors (Lipinski definition) is 6. The molecule has 1 saturated heterocycles. The van der Waals surface area contributed by atoms with E-state index < -0.39 is 12.3 Å². The molecule has 1 fully saturated rings. The van der Waals surface area contributed by atoms with Crippen LogP contribution in [0.1, 0.15) is 68.4 Å². The highest BCUT2D eigenvalue weighted by molar-refractivity contribution is 5.90. The fourth-order valence-electron chi connectivity index (χ4n) is 4.40. The van der Waals surface area contributed by atoms with Crippen molar-refractivity contribution >= 4 is 5.97 Å². The predicted octanol–water partition coefficient (Wildman–Crippen LogP) is 9.03. The lowest BCUT2D eigenvalue weighted by molar-refractivity contribution is -0.200. The topological polar surface area (TPSA) is 63.2 Å². The fraction of sp³-hybridized carbons (Fsp3) is 0.342. The summed E-state index contributed by atoms with van der Waals surface area (Å²) in [6.07, 6.45) is 1.85. The Labute approximate surface area is 262 Å². The Kier molecular flexibility index (Phi) is 15.7. The molecular formula is C38H46O6. The first-order valence-corrected chi connectivity index (χ1v) is 15.6. The van der Waals surface area contributed by atoms with Crippen molar-refractivity contribution in [2.45, 2.75) is 78.7 Å². The molecule has 234 valence electrons. The molecule has 0 bridgehead atoms. The van der Waals surface area contributed by atoms with Gasteiger partial charge < -0.3 is 23.7 Å². The van der Waals surface area contributed by atoms with Crippen molar-refractivity contribution in [3.05, 3.63) is 132 Å². The molecule has 0 radical (unpaired) electrons. The molecule has 0 aromatic heterocycles. The van der Waals surface area contributed by atoms with E-state index in [0.717, 1.165) is 17.5 Å². The van der Waals surface area contributed by atoms with Crippen LogP contribution in [0.3, 0.4) is 0 Å². The molecule has 0 saturated carbocycles. The summed E-state index contributed by atoms with van der Waals surface area (Å²) in [7, 11) is 0. The maximum Gasteiger partial charge on any atom is 0.343 e. The Hall–Kier alpha value is -3.97. The van der Waals surface area contributed by atoms with Gasteiger partial charge in [-0.1, -0.05) is 113 Å². The Morgan fingerprint density at radius 3 is 1.82 bits per heavy atom. The first kappa shape index (κ1) is 34.5. The Bertz CT molecular complexity index is 1300. The molecule has 3 unspecified atom stereocenters. The normalized spacial score (nSPS) is 17.2. The minimum absolute atomic E-state index is 0.0413. The van der Waals surface area contributed by atoms with Gasteiger partial charge in [-0.05, 0) is 47.5 Å². The first-order valence-electron chi connectivity index (χ1n) is 15.6. The Morgan fingerprint density at radius 2 is 1.23 bits per heavy atom. The van der Waals surface area contributed by atoms with E-state index >= 15 is 0 Å². The number of hydrogen-bond donors (Lipinski definition) is 0. The summed E-state index contributed by atoms with van der Waals surface area (Å²) in [6, 6.07) is 36.1. The fourth-order valence-corrected chi connectivity index (χ4v) is 4.40. The van der Waals surface area contributed by atoms with Crippen molar-refractivity contribution < 1.29 is 28.5 Å². The molecule has 1 aliphatic rings. The van der Waals surface area contributed by atoms with Crippen LogP contribution in [0, 0.1) is 0 Å². The molecule has 0 amide bonds. The van der Waals surface area contributed by atoms with Crippen LogP contribution in [0.4, 0.5) is 0 Å². The monoisotopic (exact) mass is 598 g/mol. The van der Waals surface area contributed by atoms with Gasteiger partial charge in [0.1, 0.15) is 11.5 Å². The number of rotatable bonds is 11. The van der Waals surface area contributed by atoms with Gasteiger partial charge in [0.15, 0.2) is 0 Å². The van der Waals surface area contributed by atoms with E-state index in [2.05, 4.69) is 26.0 Å². The highest BCUT2D eigenvalue weighted by Gasteiger charge is 2.32. The molecule has 0 N–H and O–H groups in total. The SMILES string of the molecule is CC.CCC.O=C(Oc1ccc(OC2CC(OCc3ccccc3)CC(COCc3ccccc3)O2)cc1)c1ccccc1. The van der Waals surface area contributed by atoms with E-state index in [-0.39, 0.29) is 12.2 Å². The third-order valence-corrected chi connectivity index (χ3v) is 6.38. The summed E-state index contributed by atoms with van der Waals surface area (Å²) in [5.41, 5.74) is 2.74. The van der Waals surface area contributed by atoms with Crippen LogP contribution in [0.25, 0.3) is 0 Å². The third kappa shape index (κ3) is 12.3. The second-order valence-corrected chi connectivity index (χ2v) is 10.1. The highest BCUT2D eigenvalue weighted by atomic mass is 16.7. The number of benzene rings is 4. The lowest BCUT2D eigenvalue weighted by Crippen LogP contribution is -2.41. The van der Waals surface area contributed by atoms with Crippen molar-refractivity contribution in [3.63, 3.8) is 0 Å². The summed E-state index contributed by atoms with van der Waals surface area (Å²) in [5.74, 6) is 0.654. The molecule has 1 heterocycles. The predicted molar refractivity (Wildman–Crippen MR) is 175 cm³/mol. The van der Waals surface area contributed by atoms with E-state index in [1.165, 1.54) is 6.42 Å². The maximum atomic E-state index is 12.3. The van der Waals surface area contributed by atoms with Crippen LogP contribution in [-0.2, 0) is 27.4 Å². The van der Waals surface area contributed by atoms with Gasteiger partial charge in [0.05, 0.1) is 37.6 Å². The Balaban J connectivity index is 0.000000997. The number of ether oxygens (including phenoxy) is 5. The molecule has 0 spiro atoms. The van der Waals surface area contributed by atoms with Crippen molar-refractivity contribution in [1.82, 2.24) is 0 Å². The van der Waals surface area contributed by atoms with Gasteiger partial charge in [0.25, 0.3) is 0 Å². The van der Waals surface area contributed by atoms with Crippen LogP contribution >= 0.6 is 0 Å². The van der Waals surface area contributed by atoms with E-state index in [1.54, 1.807) is 48.5 Å². The molecule has 3 atom stereocenters. The van der Waals surface area contributed by atoms with Gasteiger partial charge in [-0.15, -0.1) is 0 Å². The van der Waals surface area contributed by atoms with E-state index in [4.69, 9.17) is 23.7 Å². The quantitative estimate of drug-likeness (QED) is 0.127. The second kappa shape index (κ2) is 20.1. The first-order chi connectivity index (χ1) is 21.6. The summed E-state index contributed by atoms with van der Waals surface area (Å²) in [4.78, 5) is 12.3. The Morgan fingerprint density at radius 1 is 0.705 bits per heavy atom. The van der Waals surface area contributed by atoms with Crippen molar-refractivity contribution in [2.24, 2.45) is 0 Å². The average Bonchev–Trinajstić information content (AvgIpc) is 3.07. The van der Waals surface area contributed by atoms with Crippen LogP contribution < -0.4 is 9.47 Å². The molecule has 6 heteroatoms. The minimum Gasteiger partial charge on any atom is -0.465 e. The molecule has 0 aliphatic carbocycles. The van der Waals surface area contributed by atoms with E-state index in [0.29, 0.717) is 43.3 Å². The van der Waals surface area contributed by atoms with Gasteiger partial charge in [-0.3, -0.25) is 0 Å². The lowest BCUT2D eigenvalue weighted by Gasteiger charge is -2.35. The summed E-state index contributed by atoms with van der Waals surface area (Å²) < 4.78 is 30.1. The van der Waals surface area contributed by atoms with Crippen molar-refractivity contribution in [2.75, 3.05) is 6.61 Å². The van der Waals surface area contributed by atoms with Crippen LogP contribution in [0.5, 0.6) is 11.5 Å². The molecule has 4 aromatic rings. The maximum absolute atomic E-state index is 12.3. The third-order valence-electron chi connectivity index (χ3n) is 6.38. The van der Waals surface area contributed by atoms with Crippen molar-refractivity contribution in [3.8, 4) is 11.5 Å². The molecular weight excluding hydrogens is 552 g/mol. The second-order valence-electron chi connectivity index (χ2n) is 10.1. The molecule has 5 rings (SSSR count). The minimum atomic E-state index is -0.498. The smallest absolute Gasteiger partial charge is 0.343 e. The van der Waals surface area contributed by atoms with Gasteiger partial charge in [-0.25, -0.2) is 4.79 Å². The van der Waals surface area contributed by atoms with Crippen LogP contribution in [0.2, 0.25) is 0 Å². The lowest BCUT2D eigenvalue weighted by atomic mass is 10.0. The van der Waals surface area contributed by atoms with E-state index in [9.17, 15) is 4.79 Å². The highest BCUT2D eigenvalue weighted by Crippen LogP contribution is 2.27. The van der Waals surface area contributed by atoms with Gasteiger partial charge >= 0.3 is 5.97 Å². The van der Waals surface area contributed by atoms with Gasteiger partial charge in [-0.2, -0.15) is 0 Å².